The molecule has 0 spiro atoms. The minimum Gasteiger partial charge on any atom is -0.217 e. The maximum Gasteiger partial charge on any atom is 0.499 e. The number of hydrogen-bond donors (Lipinski definition) is 1. The molecular weight excluding hydrogens is 205 g/mol. The number of hydrogen-bond acceptors (Lipinski definition) is 2. The number of rotatable bonds is 0. The van der Waals surface area contributed by atoms with E-state index in [0.717, 1.165) is 0 Å². The molecule has 0 atom stereocenters. The number of alkyl halides is 3. The molecular formula is C10H11F3N2. The molecule has 0 radical (unpaired) electrons. The van der Waals surface area contributed by atoms with Gasteiger partial charge in [-0.1, -0.05) is 18.2 Å². The normalized spacial score (nSPS) is 19.1. The van der Waals surface area contributed by atoms with Crippen LogP contribution < -0.4 is 10.4 Å². The number of benzene rings is 1. The Bertz CT molecular complexity index is 384. The number of nitrogens with zero attached hydrogens (tertiary/aromatic N) is 1. The number of para-hydroxylation sites is 1. The number of hydrazine groups is 1. The Labute approximate surface area is 85.7 Å². The van der Waals surface area contributed by atoms with Crippen molar-refractivity contribution in [3.63, 3.8) is 0 Å². The summed E-state index contributed by atoms with van der Waals surface area (Å²) in [5, 5.41) is 0.266. The second-order valence-corrected chi connectivity index (χ2v) is 4.06. The van der Waals surface area contributed by atoms with Gasteiger partial charge in [-0.2, -0.15) is 0 Å². The lowest BCUT2D eigenvalue weighted by atomic mass is 9.96. The summed E-state index contributed by atoms with van der Waals surface area (Å²) in [6.45, 7) is 3.44. The first-order chi connectivity index (χ1) is 6.82. The summed E-state index contributed by atoms with van der Waals surface area (Å²) < 4.78 is 37.9. The summed E-state index contributed by atoms with van der Waals surface area (Å²) in [7, 11) is 0. The van der Waals surface area contributed by atoms with Gasteiger partial charge in [-0.25, -0.2) is 10.4 Å². The van der Waals surface area contributed by atoms with Crippen molar-refractivity contribution in [2.75, 3.05) is 5.01 Å². The molecule has 1 aromatic rings. The molecule has 2 nitrogen and oxygen atoms in total. The van der Waals surface area contributed by atoms with E-state index >= 15 is 0 Å². The maximum absolute atomic E-state index is 12.6. The summed E-state index contributed by atoms with van der Waals surface area (Å²) in [4.78, 5) is 0. The number of fused-ring (bicyclic) bond motifs is 1. The average Bonchev–Trinajstić information content (AvgIpc) is 2.39. The lowest BCUT2D eigenvalue weighted by Gasteiger charge is -2.25. The third kappa shape index (κ3) is 1.56. The minimum atomic E-state index is -4.40. The highest BCUT2D eigenvalue weighted by atomic mass is 19.4. The highest BCUT2D eigenvalue weighted by Crippen LogP contribution is 2.41. The van der Waals surface area contributed by atoms with E-state index in [-0.39, 0.29) is 10.7 Å². The quantitative estimate of drug-likeness (QED) is 0.671. The zero-order chi connectivity index (χ0) is 11.3. The summed E-state index contributed by atoms with van der Waals surface area (Å²) in [5.74, 6) is 0. The van der Waals surface area contributed by atoms with Crippen LogP contribution in [0.2, 0.25) is 0 Å². The second-order valence-electron chi connectivity index (χ2n) is 4.06. The van der Waals surface area contributed by atoms with Gasteiger partial charge in [0.05, 0.1) is 11.2 Å². The summed E-state index contributed by atoms with van der Waals surface area (Å²) in [5.41, 5.74) is 2.59. The van der Waals surface area contributed by atoms with Crippen LogP contribution in [0.15, 0.2) is 24.3 Å². The van der Waals surface area contributed by atoms with Crippen molar-refractivity contribution in [2.45, 2.75) is 25.7 Å². The molecule has 0 unspecified atom stereocenters. The van der Waals surface area contributed by atoms with E-state index in [9.17, 15) is 13.2 Å². The van der Waals surface area contributed by atoms with Crippen molar-refractivity contribution in [1.82, 2.24) is 5.43 Å². The van der Waals surface area contributed by atoms with Crippen LogP contribution in [-0.2, 0) is 5.54 Å². The lowest BCUT2D eigenvalue weighted by molar-refractivity contribution is -0.138. The van der Waals surface area contributed by atoms with E-state index < -0.39 is 11.8 Å². The van der Waals surface area contributed by atoms with Gasteiger partial charge in [-0.15, -0.1) is 13.2 Å². The zero-order valence-corrected chi connectivity index (χ0v) is 8.39. The van der Waals surface area contributed by atoms with Gasteiger partial charge in [0.25, 0.3) is 0 Å². The minimum absolute atomic E-state index is 0.176. The van der Waals surface area contributed by atoms with Gasteiger partial charge >= 0.3 is 6.30 Å². The van der Waals surface area contributed by atoms with Gasteiger partial charge in [0.2, 0.25) is 0 Å². The molecule has 0 amide bonds. The predicted octanol–water partition coefficient (Wildman–Crippen LogP) is 2.77. The standard InChI is InChI=1S/C10H11F3N2/c1-9(2)7-5-3-4-6-8(7)15(14-9)10(11,12)13/h3-6,14H,1-2H3. The largest absolute Gasteiger partial charge is 0.499 e. The molecule has 1 aromatic carbocycles. The molecule has 82 valence electrons. The van der Waals surface area contributed by atoms with Crippen LogP contribution in [0.3, 0.4) is 0 Å². The Hall–Kier alpha value is -1.23. The molecule has 1 aliphatic heterocycles. The van der Waals surface area contributed by atoms with Crippen LogP contribution in [-0.4, -0.2) is 6.30 Å². The third-order valence-corrected chi connectivity index (χ3v) is 2.46. The van der Waals surface area contributed by atoms with Crippen LogP contribution in [0.4, 0.5) is 18.9 Å². The molecule has 1 heterocycles. The molecule has 0 fully saturated rings. The second kappa shape index (κ2) is 2.88. The van der Waals surface area contributed by atoms with Gasteiger partial charge in [0, 0.05) is 0 Å². The molecule has 0 saturated carbocycles. The van der Waals surface area contributed by atoms with Gasteiger partial charge < -0.3 is 0 Å². The van der Waals surface area contributed by atoms with Crippen LogP contribution >= 0.6 is 0 Å². The molecule has 0 saturated heterocycles. The van der Waals surface area contributed by atoms with E-state index in [0.29, 0.717) is 5.56 Å². The topological polar surface area (TPSA) is 15.3 Å². The Balaban J connectivity index is 2.52. The predicted molar refractivity (Wildman–Crippen MR) is 51.1 cm³/mol. The molecule has 1 N–H and O–H groups in total. The molecule has 1 aliphatic rings. The Morgan fingerprint density at radius 2 is 1.80 bits per heavy atom. The fourth-order valence-corrected chi connectivity index (χ4v) is 1.80. The first-order valence-electron chi connectivity index (χ1n) is 4.57. The SMILES string of the molecule is CC1(C)NN(C(F)(F)F)c2ccccc21. The first kappa shape index (κ1) is 10.3. The summed E-state index contributed by atoms with van der Waals surface area (Å²) in [6.07, 6.45) is -4.40. The molecule has 15 heavy (non-hydrogen) atoms. The van der Waals surface area contributed by atoms with Crippen LogP contribution in [0.25, 0.3) is 0 Å². The van der Waals surface area contributed by atoms with Gasteiger partial charge in [-0.3, -0.25) is 0 Å². The molecule has 2 rings (SSSR count). The van der Waals surface area contributed by atoms with Crippen molar-refractivity contribution < 1.29 is 13.2 Å². The van der Waals surface area contributed by atoms with Gasteiger partial charge in [0.15, 0.2) is 0 Å². The number of halogens is 3. The smallest absolute Gasteiger partial charge is 0.217 e. The van der Waals surface area contributed by atoms with Crippen molar-refractivity contribution >= 4 is 5.69 Å². The summed E-state index contributed by atoms with van der Waals surface area (Å²) in [6, 6.07) is 6.50. The fraction of sp³-hybridized carbons (Fsp3) is 0.400. The number of anilines is 1. The van der Waals surface area contributed by atoms with Crippen molar-refractivity contribution in [1.29, 1.82) is 0 Å². The number of nitrogens with one attached hydrogen (secondary N) is 1. The highest BCUT2D eigenvalue weighted by Gasteiger charge is 2.47. The van der Waals surface area contributed by atoms with E-state index in [1.807, 2.05) is 0 Å². The molecule has 5 heteroatoms. The first-order valence-corrected chi connectivity index (χ1v) is 4.57. The lowest BCUT2D eigenvalue weighted by Crippen LogP contribution is -2.50. The Morgan fingerprint density at radius 1 is 1.20 bits per heavy atom. The third-order valence-electron chi connectivity index (χ3n) is 2.46. The molecule has 0 bridgehead atoms. The van der Waals surface area contributed by atoms with Crippen molar-refractivity contribution in [2.24, 2.45) is 0 Å². The Kier molecular flexibility index (Phi) is 1.98. The molecule has 0 aromatic heterocycles. The van der Waals surface area contributed by atoms with Crippen LogP contribution in [0, 0.1) is 0 Å². The zero-order valence-electron chi connectivity index (χ0n) is 8.39. The maximum atomic E-state index is 12.6. The van der Waals surface area contributed by atoms with E-state index in [2.05, 4.69) is 5.43 Å². The van der Waals surface area contributed by atoms with E-state index in [1.54, 1.807) is 32.0 Å². The highest BCUT2D eigenvalue weighted by molar-refractivity contribution is 5.60. The van der Waals surface area contributed by atoms with Crippen molar-refractivity contribution in [3.05, 3.63) is 29.8 Å². The summed E-state index contributed by atoms with van der Waals surface area (Å²) >= 11 is 0. The van der Waals surface area contributed by atoms with E-state index in [1.165, 1.54) is 6.07 Å². The Morgan fingerprint density at radius 3 is 2.40 bits per heavy atom. The van der Waals surface area contributed by atoms with Crippen LogP contribution in [0.1, 0.15) is 19.4 Å². The van der Waals surface area contributed by atoms with Gasteiger partial charge in [-0.05, 0) is 25.5 Å². The van der Waals surface area contributed by atoms with Crippen LogP contribution in [0.5, 0.6) is 0 Å². The molecule has 0 aliphatic carbocycles. The van der Waals surface area contributed by atoms with Crippen molar-refractivity contribution in [3.8, 4) is 0 Å². The average molecular weight is 216 g/mol. The van der Waals surface area contributed by atoms with Gasteiger partial charge in [0.1, 0.15) is 0 Å². The van der Waals surface area contributed by atoms with E-state index in [4.69, 9.17) is 0 Å². The fourth-order valence-electron chi connectivity index (χ4n) is 1.80. The monoisotopic (exact) mass is 216 g/mol.